The average Bonchev–Trinajstić information content (AvgIpc) is 3.96. The van der Waals surface area contributed by atoms with Crippen molar-refractivity contribution in [3.8, 4) is 28.1 Å². The quantitative estimate of drug-likeness (QED) is 0.113. The average molecular weight is 851 g/mol. The van der Waals surface area contributed by atoms with Crippen LogP contribution in [-0.4, -0.2) is 86.6 Å². The minimum absolute atomic E-state index is 0.106. The molecule has 63 heavy (non-hydrogen) atoms. The van der Waals surface area contributed by atoms with Crippen molar-refractivity contribution in [3.05, 3.63) is 102 Å². The molecule has 3 fully saturated rings. The Morgan fingerprint density at radius 3 is 2.44 bits per heavy atom. The monoisotopic (exact) mass is 850 g/mol. The number of likely N-dealkylation sites (tertiary alicyclic amines) is 2. The lowest BCUT2D eigenvalue weighted by Gasteiger charge is -2.32. The molecule has 2 aromatic heterocycles. The highest BCUT2D eigenvalue weighted by molar-refractivity contribution is 6.07. The second-order valence-electron chi connectivity index (χ2n) is 17.5. The number of hydrogen-bond acceptors (Lipinski definition) is 9. The summed E-state index contributed by atoms with van der Waals surface area (Å²) in [5, 5.41) is 7.47. The van der Waals surface area contributed by atoms with Crippen molar-refractivity contribution in [1.82, 2.24) is 40.4 Å². The van der Waals surface area contributed by atoms with Crippen molar-refractivity contribution in [2.75, 3.05) is 20.8 Å². The highest BCUT2D eigenvalue weighted by Crippen LogP contribution is 2.58. The number of piperidine rings is 1. The smallest absolute Gasteiger partial charge is 0.407 e. The molecule has 4 aromatic carbocycles. The number of aromatic amines is 2. The van der Waals surface area contributed by atoms with Crippen molar-refractivity contribution in [1.29, 1.82) is 0 Å². The molecule has 3 unspecified atom stereocenters. The largest absolute Gasteiger partial charge is 0.488 e. The van der Waals surface area contributed by atoms with E-state index in [-0.39, 0.29) is 35.9 Å². The zero-order valence-corrected chi connectivity index (χ0v) is 35.8. The standard InChI is InChI=1S/C48H50N8O7/c1-24(2)39(53-47(59)61-4)46(58)56-37(20-31-25(3)42(31)56)44-50-34-16-14-27-19-33-30-15-13-28(18-29(30)23-63-38(33)21-32(27)41(34)52-44)35-22-49-43(51-35)36-12-9-17-55(36)45(57)40(54-48(60)62-5)26-10-7-6-8-11-26/h6-8,10-11,13-16,18-19,21-22,24-25,31,36-37,39-40,42H,9,12,17,20,23H2,1-5H3,(H,49,51)(H,50,52)(H,53,59)(H,54,60)/t25-,31?,36+,37+,39?,40-,42?/m1/s1. The lowest BCUT2D eigenvalue weighted by Crippen LogP contribution is -2.52. The van der Waals surface area contributed by atoms with E-state index in [1.165, 1.54) is 14.2 Å². The molecule has 4 amide bonds. The summed E-state index contributed by atoms with van der Waals surface area (Å²) in [4.78, 5) is 73.4. The van der Waals surface area contributed by atoms with Gasteiger partial charge in [0.1, 0.15) is 36.1 Å². The van der Waals surface area contributed by atoms with E-state index in [1.807, 2.05) is 55.1 Å². The maximum absolute atomic E-state index is 14.1. The SMILES string of the molecule is COC(=O)NC(C(=O)N1C2C(C[C@H]1c1nc3c(ccc4cc5c(cc43)OCc3cc(-c4cnc([C@@H]6CCCN6C(=O)[C@H](NC(=O)OC)c6ccccc6)[nH]4)ccc3-5)[nH]1)[C@H]2C)C(C)C. The van der Waals surface area contributed by atoms with Crippen LogP contribution in [0.3, 0.4) is 0 Å². The summed E-state index contributed by atoms with van der Waals surface area (Å²) in [6.07, 6.45) is 2.86. The van der Waals surface area contributed by atoms with Crippen LogP contribution in [0.4, 0.5) is 9.59 Å². The van der Waals surface area contributed by atoms with Crippen LogP contribution in [0, 0.1) is 17.8 Å². The normalized spacial score (nSPS) is 21.9. The molecule has 2 saturated heterocycles. The maximum atomic E-state index is 14.1. The first kappa shape index (κ1) is 40.2. The Kier molecular flexibility index (Phi) is 10.1. The van der Waals surface area contributed by atoms with Gasteiger partial charge in [0, 0.05) is 23.5 Å². The Balaban J connectivity index is 0.900. The van der Waals surface area contributed by atoms with Gasteiger partial charge in [-0.1, -0.05) is 69.3 Å². The van der Waals surface area contributed by atoms with E-state index in [1.54, 1.807) is 11.1 Å². The van der Waals surface area contributed by atoms with Gasteiger partial charge in [0.2, 0.25) is 5.91 Å². The number of alkyl carbamates (subject to hydrolysis) is 2. The van der Waals surface area contributed by atoms with Gasteiger partial charge >= 0.3 is 12.2 Å². The number of carbonyl (C=O) groups is 4. The van der Waals surface area contributed by atoms with Gasteiger partial charge in [-0.15, -0.1) is 0 Å². The molecular formula is C48H50N8O7. The Morgan fingerprint density at radius 2 is 1.67 bits per heavy atom. The molecule has 4 aliphatic rings. The van der Waals surface area contributed by atoms with Gasteiger partial charge in [0.15, 0.2) is 0 Å². The van der Waals surface area contributed by atoms with E-state index in [4.69, 9.17) is 24.2 Å². The molecule has 1 saturated carbocycles. The Morgan fingerprint density at radius 1 is 0.873 bits per heavy atom. The van der Waals surface area contributed by atoms with Gasteiger partial charge in [0.25, 0.3) is 5.91 Å². The van der Waals surface area contributed by atoms with E-state index < -0.39 is 24.3 Å². The number of aromatic nitrogens is 4. The van der Waals surface area contributed by atoms with E-state index in [0.717, 1.165) is 80.6 Å². The maximum Gasteiger partial charge on any atom is 0.407 e. The van der Waals surface area contributed by atoms with Crippen LogP contribution in [0.25, 0.3) is 44.2 Å². The minimum atomic E-state index is -0.895. The number of carbonyl (C=O) groups excluding carboxylic acids is 4. The van der Waals surface area contributed by atoms with Crippen molar-refractivity contribution < 1.29 is 33.4 Å². The molecule has 5 heterocycles. The molecule has 0 spiro atoms. The molecule has 15 heteroatoms. The highest BCUT2D eigenvalue weighted by atomic mass is 16.5. The molecule has 324 valence electrons. The molecule has 7 atom stereocenters. The van der Waals surface area contributed by atoms with Crippen LogP contribution < -0.4 is 15.4 Å². The van der Waals surface area contributed by atoms with Crippen LogP contribution in [0.15, 0.2) is 79.0 Å². The number of rotatable bonds is 9. The first-order valence-electron chi connectivity index (χ1n) is 21.7. The predicted molar refractivity (Wildman–Crippen MR) is 234 cm³/mol. The third kappa shape index (κ3) is 6.99. The van der Waals surface area contributed by atoms with Crippen molar-refractivity contribution in [2.24, 2.45) is 17.8 Å². The number of methoxy groups -OCH3 is 2. The molecule has 10 rings (SSSR count). The van der Waals surface area contributed by atoms with Gasteiger partial charge in [-0.3, -0.25) is 9.59 Å². The summed E-state index contributed by atoms with van der Waals surface area (Å²) >= 11 is 0. The van der Waals surface area contributed by atoms with E-state index in [0.29, 0.717) is 36.4 Å². The third-order valence-electron chi connectivity index (χ3n) is 13.6. The lowest BCUT2D eigenvalue weighted by molar-refractivity contribution is -0.137. The summed E-state index contributed by atoms with van der Waals surface area (Å²) in [7, 11) is 2.58. The van der Waals surface area contributed by atoms with Crippen LogP contribution in [0.5, 0.6) is 5.75 Å². The number of hydrogen-bond donors (Lipinski definition) is 4. The molecular weight excluding hydrogens is 801 g/mol. The Bertz CT molecular complexity index is 2780. The Hall–Kier alpha value is -6.90. The van der Waals surface area contributed by atoms with Gasteiger partial charge in [0.05, 0.1) is 49.2 Å². The summed E-state index contributed by atoms with van der Waals surface area (Å²) in [5.74, 6) is 2.51. The fourth-order valence-electron chi connectivity index (χ4n) is 10.2. The van der Waals surface area contributed by atoms with E-state index >= 15 is 0 Å². The van der Waals surface area contributed by atoms with Crippen LogP contribution in [0.1, 0.15) is 80.9 Å². The van der Waals surface area contributed by atoms with Gasteiger partial charge in [-0.05, 0) is 88.9 Å². The number of ether oxygens (including phenoxy) is 3. The number of H-pyrrole nitrogens is 2. The van der Waals surface area contributed by atoms with Crippen molar-refractivity contribution in [3.63, 3.8) is 0 Å². The third-order valence-corrected chi connectivity index (χ3v) is 13.6. The number of nitrogens with one attached hydrogen (secondary N) is 4. The van der Waals surface area contributed by atoms with Crippen molar-refractivity contribution >= 4 is 45.8 Å². The predicted octanol–water partition coefficient (Wildman–Crippen LogP) is 7.71. The number of fused-ring (bicyclic) bond motifs is 7. The highest BCUT2D eigenvalue weighted by Gasteiger charge is 2.61. The van der Waals surface area contributed by atoms with E-state index in [2.05, 4.69) is 63.9 Å². The first-order valence-corrected chi connectivity index (χ1v) is 21.7. The van der Waals surface area contributed by atoms with E-state index in [9.17, 15) is 19.2 Å². The number of amides is 4. The molecule has 15 nitrogen and oxygen atoms in total. The second kappa shape index (κ2) is 15.8. The molecule has 6 aromatic rings. The first-order chi connectivity index (χ1) is 30.5. The summed E-state index contributed by atoms with van der Waals surface area (Å²) in [6.45, 7) is 6.94. The number of nitrogens with zero attached hydrogens (tertiary/aromatic N) is 4. The molecule has 0 bridgehead atoms. The van der Waals surface area contributed by atoms with Crippen LogP contribution in [-0.2, 0) is 25.7 Å². The molecule has 3 aliphatic heterocycles. The Labute approximate surface area is 363 Å². The lowest BCUT2D eigenvalue weighted by atomic mass is 9.92. The van der Waals surface area contributed by atoms with Crippen LogP contribution in [0.2, 0.25) is 0 Å². The number of imidazole rings is 2. The summed E-state index contributed by atoms with van der Waals surface area (Å²) < 4.78 is 16.2. The van der Waals surface area contributed by atoms with Crippen LogP contribution >= 0.6 is 0 Å². The topological polar surface area (TPSA) is 184 Å². The minimum Gasteiger partial charge on any atom is -0.488 e. The molecule has 0 radical (unpaired) electrons. The fraction of sp³-hybridized carbons (Fsp3) is 0.375. The zero-order valence-electron chi connectivity index (χ0n) is 35.8. The molecule has 4 N–H and O–H groups in total. The summed E-state index contributed by atoms with van der Waals surface area (Å²) in [6, 6.07) is 21.8. The fourth-order valence-corrected chi connectivity index (χ4v) is 10.2. The van der Waals surface area contributed by atoms with Gasteiger partial charge in [-0.25, -0.2) is 19.6 Å². The van der Waals surface area contributed by atoms with Gasteiger partial charge in [-0.2, -0.15) is 0 Å². The van der Waals surface area contributed by atoms with Gasteiger partial charge < -0.3 is 44.6 Å². The number of benzene rings is 4. The second-order valence-corrected chi connectivity index (χ2v) is 17.5. The molecule has 1 aliphatic carbocycles. The summed E-state index contributed by atoms with van der Waals surface area (Å²) in [5.41, 5.74) is 7.25. The van der Waals surface area contributed by atoms with Crippen molar-refractivity contribution in [2.45, 2.75) is 76.8 Å². The zero-order chi connectivity index (χ0) is 43.7.